The SMILES string of the molecule is NCCCn1cc(-c2nc3cc4[nH]cnc4cc3[nH]c2=O)c2ccccc21. The van der Waals surface area contributed by atoms with E-state index in [9.17, 15) is 4.79 Å². The van der Waals surface area contributed by atoms with Gasteiger partial charge in [0.1, 0.15) is 5.69 Å². The molecule has 0 unspecified atom stereocenters. The van der Waals surface area contributed by atoms with E-state index in [2.05, 4.69) is 30.6 Å². The second-order valence-corrected chi connectivity index (χ2v) is 6.60. The average molecular weight is 358 g/mol. The second kappa shape index (κ2) is 6.07. The fraction of sp³-hybridized carbons (Fsp3) is 0.150. The summed E-state index contributed by atoms with van der Waals surface area (Å²) in [7, 11) is 0. The third-order valence-corrected chi connectivity index (χ3v) is 4.88. The topological polar surface area (TPSA) is 105 Å². The standard InChI is InChI=1S/C20H18N6O/c21-6-3-7-26-10-13(12-4-1-2-5-18(12)26)19-20(27)25-17-9-15-14(22-11-23-15)8-16(17)24-19/h1-2,4-5,8-11H,3,6-7,21H2,(H,22,23)(H,25,27). The summed E-state index contributed by atoms with van der Waals surface area (Å²) in [6.45, 7) is 1.42. The summed E-state index contributed by atoms with van der Waals surface area (Å²) in [4.78, 5) is 27.8. The Bertz CT molecular complexity index is 1340. The number of aromatic amines is 2. The summed E-state index contributed by atoms with van der Waals surface area (Å²) in [6, 6.07) is 11.8. The van der Waals surface area contributed by atoms with Crippen molar-refractivity contribution in [2.24, 2.45) is 5.73 Å². The number of rotatable bonds is 4. The Morgan fingerprint density at radius 1 is 1.11 bits per heavy atom. The first-order chi connectivity index (χ1) is 13.2. The summed E-state index contributed by atoms with van der Waals surface area (Å²) in [5.41, 5.74) is 10.9. The maximum atomic E-state index is 12.8. The van der Waals surface area contributed by atoms with Crippen LogP contribution in [0.2, 0.25) is 0 Å². The molecule has 0 saturated carbocycles. The zero-order valence-corrected chi connectivity index (χ0v) is 14.6. The molecule has 134 valence electrons. The van der Waals surface area contributed by atoms with Crippen molar-refractivity contribution in [3.05, 3.63) is 59.3 Å². The van der Waals surface area contributed by atoms with E-state index < -0.39 is 0 Å². The van der Waals surface area contributed by atoms with Gasteiger partial charge in [-0.2, -0.15) is 0 Å². The maximum Gasteiger partial charge on any atom is 0.275 e. The van der Waals surface area contributed by atoms with E-state index in [0.29, 0.717) is 17.8 Å². The molecule has 0 spiro atoms. The van der Waals surface area contributed by atoms with Gasteiger partial charge in [0.25, 0.3) is 5.56 Å². The molecule has 5 aromatic rings. The van der Waals surface area contributed by atoms with E-state index in [1.54, 1.807) is 6.33 Å². The number of nitrogens with one attached hydrogen (secondary N) is 2. The molecule has 7 heteroatoms. The Labute approximate surface area is 153 Å². The number of aryl methyl sites for hydroxylation is 1. The van der Waals surface area contributed by atoms with Crippen molar-refractivity contribution < 1.29 is 0 Å². The molecule has 0 fully saturated rings. The molecule has 0 radical (unpaired) electrons. The van der Waals surface area contributed by atoms with Crippen molar-refractivity contribution >= 4 is 33.0 Å². The van der Waals surface area contributed by atoms with E-state index in [0.717, 1.165) is 46.0 Å². The molecular formula is C20H18N6O. The zero-order chi connectivity index (χ0) is 18.4. The van der Waals surface area contributed by atoms with Crippen molar-refractivity contribution in [1.82, 2.24) is 24.5 Å². The molecule has 0 aliphatic heterocycles. The van der Waals surface area contributed by atoms with Crippen LogP contribution in [-0.4, -0.2) is 31.0 Å². The predicted octanol–water partition coefficient (Wildman–Crippen LogP) is 2.77. The summed E-state index contributed by atoms with van der Waals surface area (Å²) in [6.07, 6.45) is 4.50. The van der Waals surface area contributed by atoms with Crippen LogP contribution in [0.1, 0.15) is 6.42 Å². The summed E-state index contributed by atoms with van der Waals surface area (Å²) < 4.78 is 2.14. The maximum absolute atomic E-state index is 12.8. The van der Waals surface area contributed by atoms with Crippen LogP contribution in [-0.2, 0) is 6.54 Å². The van der Waals surface area contributed by atoms with Crippen LogP contribution in [0.3, 0.4) is 0 Å². The molecule has 0 amide bonds. The Morgan fingerprint density at radius 3 is 2.85 bits per heavy atom. The summed E-state index contributed by atoms with van der Waals surface area (Å²) in [5, 5.41) is 1.01. The molecule has 3 aromatic heterocycles. The highest BCUT2D eigenvalue weighted by molar-refractivity contribution is 5.97. The van der Waals surface area contributed by atoms with Crippen molar-refractivity contribution in [3.8, 4) is 11.3 Å². The number of imidazole rings is 1. The summed E-state index contributed by atoms with van der Waals surface area (Å²) >= 11 is 0. The Morgan fingerprint density at radius 2 is 1.96 bits per heavy atom. The molecular weight excluding hydrogens is 340 g/mol. The molecule has 0 aliphatic carbocycles. The Balaban J connectivity index is 1.76. The molecule has 5 rings (SSSR count). The first kappa shape index (κ1) is 15.8. The van der Waals surface area contributed by atoms with Crippen molar-refractivity contribution in [2.45, 2.75) is 13.0 Å². The van der Waals surface area contributed by atoms with E-state index in [1.165, 1.54) is 0 Å². The van der Waals surface area contributed by atoms with Crippen LogP contribution < -0.4 is 11.3 Å². The number of H-pyrrole nitrogens is 2. The minimum Gasteiger partial charge on any atom is -0.347 e. The number of benzene rings is 2. The van der Waals surface area contributed by atoms with Gasteiger partial charge in [0.05, 0.1) is 28.4 Å². The number of hydrogen-bond acceptors (Lipinski definition) is 4. The molecule has 0 bridgehead atoms. The molecule has 27 heavy (non-hydrogen) atoms. The van der Waals surface area contributed by atoms with Crippen LogP contribution in [0.4, 0.5) is 0 Å². The molecule has 4 N–H and O–H groups in total. The van der Waals surface area contributed by atoms with Crippen LogP contribution >= 0.6 is 0 Å². The Kier molecular flexibility index (Phi) is 3.54. The van der Waals surface area contributed by atoms with E-state index >= 15 is 0 Å². The lowest BCUT2D eigenvalue weighted by atomic mass is 10.1. The van der Waals surface area contributed by atoms with Gasteiger partial charge in [0, 0.05) is 29.2 Å². The molecule has 0 atom stereocenters. The van der Waals surface area contributed by atoms with Gasteiger partial charge < -0.3 is 20.3 Å². The minimum absolute atomic E-state index is 0.209. The van der Waals surface area contributed by atoms with E-state index in [-0.39, 0.29) is 5.56 Å². The van der Waals surface area contributed by atoms with Gasteiger partial charge in [-0.3, -0.25) is 4.79 Å². The largest absolute Gasteiger partial charge is 0.347 e. The predicted molar refractivity (Wildman–Crippen MR) is 107 cm³/mol. The first-order valence-electron chi connectivity index (χ1n) is 8.90. The van der Waals surface area contributed by atoms with Gasteiger partial charge in [0.15, 0.2) is 0 Å². The van der Waals surface area contributed by atoms with Crippen LogP contribution in [0.15, 0.2) is 53.7 Å². The highest BCUT2D eigenvalue weighted by Gasteiger charge is 2.15. The molecule has 0 aliphatic rings. The van der Waals surface area contributed by atoms with Crippen LogP contribution in [0.25, 0.3) is 44.2 Å². The highest BCUT2D eigenvalue weighted by atomic mass is 16.1. The van der Waals surface area contributed by atoms with Crippen LogP contribution in [0, 0.1) is 0 Å². The lowest BCUT2D eigenvalue weighted by molar-refractivity contribution is 0.671. The molecule has 0 saturated heterocycles. The van der Waals surface area contributed by atoms with Gasteiger partial charge in [-0.1, -0.05) is 18.2 Å². The fourth-order valence-electron chi connectivity index (χ4n) is 3.58. The number of hydrogen-bond donors (Lipinski definition) is 3. The lowest BCUT2D eigenvalue weighted by Crippen LogP contribution is -2.11. The number of para-hydroxylation sites is 1. The molecule has 7 nitrogen and oxygen atoms in total. The van der Waals surface area contributed by atoms with Gasteiger partial charge >= 0.3 is 0 Å². The number of aromatic nitrogens is 5. The van der Waals surface area contributed by atoms with E-state index in [1.807, 2.05) is 36.5 Å². The second-order valence-electron chi connectivity index (χ2n) is 6.60. The minimum atomic E-state index is -0.209. The number of fused-ring (bicyclic) bond motifs is 3. The number of nitrogens with two attached hydrogens (primary N) is 1. The zero-order valence-electron chi connectivity index (χ0n) is 14.6. The van der Waals surface area contributed by atoms with Gasteiger partial charge in [-0.25, -0.2) is 9.97 Å². The van der Waals surface area contributed by atoms with Crippen molar-refractivity contribution in [1.29, 1.82) is 0 Å². The number of nitrogens with zero attached hydrogens (tertiary/aromatic N) is 3. The summed E-state index contributed by atoms with van der Waals surface area (Å²) in [5.74, 6) is 0. The molecule has 3 heterocycles. The lowest BCUT2D eigenvalue weighted by Gasteiger charge is -2.03. The Hall–Kier alpha value is -3.45. The van der Waals surface area contributed by atoms with Gasteiger partial charge in [-0.05, 0) is 31.2 Å². The van der Waals surface area contributed by atoms with E-state index in [4.69, 9.17) is 5.73 Å². The quantitative estimate of drug-likeness (QED) is 0.459. The smallest absolute Gasteiger partial charge is 0.275 e. The third kappa shape index (κ3) is 2.51. The molecule has 2 aromatic carbocycles. The van der Waals surface area contributed by atoms with Crippen LogP contribution in [0.5, 0.6) is 0 Å². The van der Waals surface area contributed by atoms with Gasteiger partial charge in [0.2, 0.25) is 0 Å². The van der Waals surface area contributed by atoms with Crippen molar-refractivity contribution in [2.75, 3.05) is 6.54 Å². The van der Waals surface area contributed by atoms with Gasteiger partial charge in [-0.15, -0.1) is 0 Å². The third-order valence-electron chi connectivity index (χ3n) is 4.88. The average Bonchev–Trinajstić information content (AvgIpc) is 3.28. The highest BCUT2D eigenvalue weighted by Crippen LogP contribution is 2.29. The van der Waals surface area contributed by atoms with Crippen molar-refractivity contribution in [3.63, 3.8) is 0 Å². The monoisotopic (exact) mass is 358 g/mol. The fourth-order valence-corrected chi connectivity index (χ4v) is 3.58. The normalized spacial score (nSPS) is 11.7. The first-order valence-corrected chi connectivity index (χ1v) is 8.90.